The van der Waals surface area contributed by atoms with Crippen molar-refractivity contribution in [1.82, 2.24) is 10.6 Å². The molecule has 8 nitrogen and oxygen atoms in total. The lowest BCUT2D eigenvalue weighted by atomic mass is 9.94. The Morgan fingerprint density at radius 3 is 2.25 bits per heavy atom. The molecule has 3 N–H and O–H groups in total. The van der Waals surface area contributed by atoms with Crippen LogP contribution in [0.15, 0.2) is 86.0 Å². The molecule has 0 saturated carbocycles. The second-order valence-corrected chi connectivity index (χ2v) is 9.45. The molecule has 2 aromatic rings. The molecule has 3 atom stereocenters. The molecule has 8 heteroatoms. The van der Waals surface area contributed by atoms with Gasteiger partial charge in [0.1, 0.15) is 6.10 Å². The molecule has 3 unspecified atom stereocenters. The Morgan fingerprint density at radius 1 is 0.900 bits per heavy atom. The maximum Gasteiger partial charge on any atom is 0.309 e. The van der Waals surface area contributed by atoms with E-state index in [1.54, 1.807) is 12.2 Å². The Kier molecular flexibility index (Phi) is 15.7. The Labute approximate surface area is 237 Å². The summed E-state index contributed by atoms with van der Waals surface area (Å²) in [5.41, 5.74) is 1.81. The Hall–Kier alpha value is -3.75. The largest absolute Gasteiger partial charge is 0.455 e. The normalized spacial score (nSPS) is 12.9. The maximum atomic E-state index is 13.4. The van der Waals surface area contributed by atoms with Crippen LogP contribution in [-0.2, 0) is 30.3 Å². The van der Waals surface area contributed by atoms with E-state index in [0.717, 1.165) is 11.1 Å². The summed E-state index contributed by atoms with van der Waals surface area (Å²) in [6, 6.07) is 19.1. The summed E-state index contributed by atoms with van der Waals surface area (Å²) in [5.74, 6) is -1.93. The molecular formula is C32H42N2O6. The summed E-state index contributed by atoms with van der Waals surface area (Å²) in [6.45, 7) is 8.23. The van der Waals surface area contributed by atoms with E-state index in [0.29, 0.717) is 25.7 Å². The monoisotopic (exact) mass is 550 g/mol. The zero-order valence-electron chi connectivity index (χ0n) is 23.1. The fraction of sp³-hybridized carbons (Fsp3) is 0.406. The molecular weight excluding hydrogens is 508 g/mol. The lowest BCUT2D eigenvalue weighted by Crippen LogP contribution is -2.38. The van der Waals surface area contributed by atoms with Crippen molar-refractivity contribution >= 4 is 17.8 Å². The van der Waals surface area contributed by atoms with Gasteiger partial charge in [-0.2, -0.15) is 0 Å². The maximum absolute atomic E-state index is 13.4. The third-order valence-electron chi connectivity index (χ3n) is 6.33. The number of hydrogen-bond acceptors (Lipinski definition) is 6. The van der Waals surface area contributed by atoms with Crippen molar-refractivity contribution in [2.24, 2.45) is 11.8 Å². The average Bonchev–Trinajstić information content (AvgIpc) is 2.97. The molecule has 0 fully saturated rings. The molecule has 0 aliphatic heterocycles. The molecule has 0 aliphatic carbocycles. The number of carbonyl (C=O) groups excluding carboxylic acids is 3. The van der Waals surface area contributed by atoms with E-state index in [2.05, 4.69) is 23.8 Å². The quantitative estimate of drug-likeness (QED) is 0.131. The van der Waals surface area contributed by atoms with E-state index in [4.69, 9.17) is 14.6 Å². The lowest BCUT2D eigenvalue weighted by Gasteiger charge is -2.24. The van der Waals surface area contributed by atoms with Gasteiger partial charge in [-0.05, 0) is 36.8 Å². The molecule has 0 aromatic heterocycles. The first-order valence-electron chi connectivity index (χ1n) is 13.7. The van der Waals surface area contributed by atoms with Crippen molar-refractivity contribution in [3.8, 4) is 0 Å². The number of allylic oxidation sites excluding steroid dienone is 2. The number of hydrogen-bond donors (Lipinski definition) is 3. The molecule has 0 bridgehead atoms. The summed E-state index contributed by atoms with van der Waals surface area (Å²) < 4.78 is 11.1. The van der Waals surface area contributed by atoms with Gasteiger partial charge in [0.15, 0.2) is 0 Å². The summed E-state index contributed by atoms with van der Waals surface area (Å²) in [7, 11) is 0. The second-order valence-electron chi connectivity index (χ2n) is 9.45. The van der Waals surface area contributed by atoms with Crippen LogP contribution < -0.4 is 10.6 Å². The van der Waals surface area contributed by atoms with Crippen LogP contribution in [0.25, 0.3) is 0 Å². The first-order chi connectivity index (χ1) is 19.5. The van der Waals surface area contributed by atoms with Gasteiger partial charge in [0.25, 0.3) is 0 Å². The Bertz CT molecular complexity index is 1040. The van der Waals surface area contributed by atoms with Crippen LogP contribution >= 0.6 is 0 Å². The smallest absolute Gasteiger partial charge is 0.309 e. The number of nitrogens with one attached hydrogen (secondary N) is 2. The van der Waals surface area contributed by atoms with Crippen LogP contribution in [0.2, 0.25) is 0 Å². The molecule has 216 valence electrons. The third-order valence-corrected chi connectivity index (χ3v) is 6.33. The van der Waals surface area contributed by atoms with Crippen LogP contribution in [0.1, 0.15) is 42.9 Å². The first-order valence-corrected chi connectivity index (χ1v) is 13.7. The summed E-state index contributed by atoms with van der Waals surface area (Å²) in [5, 5.41) is 14.3. The van der Waals surface area contributed by atoms with Gasteiger partial charge in [-0.3, -0.25) is 14.4 Å². The predicted octanol–water partition coefficient (Wildman–Crippen LogP) is 3.92. The van der Waals surface area contributed by atoms with Gasteiger partial charge in [-0.1, -0.05) is 72.8 Å². The van der Waals surface area contributed by atoms with E-state index >= 15 is 0 Å². The summed E-state index contributed by atoms with van der Waals surface area (Å²) >= 11 is 0. The number of carbonyl (C=O) groups is 3. The van der Waals surface area contributed by atoms with E-state index in [9.17, 15) is 14.4 Å². The molecule has 0 heterocycles. The fourth-order valence-electron chi connectivity index (χ4n) is 4.20. The number of aliphatic hydroxyl groups excluding tert-OH is 1. The molecule has 0 radical (unpaired) electrons. The highest BCUT2D eigenvalue weighted by Crippen LogP contribution is 2.23. The van der Waals surface area contributed by atoms with Crippen LogP contribution in [0.5, 0.6) is 0 Å². The number of aliphatic hydroxyl groups is 1. The van der Waals surface area contributed by atoms with Crippen molar-refractivity contribution in [3.05, 3.63) is 97.1 Å². The summed E-state index contributed by atoms with van der Waals surface area (Å²) in [4.78, 5) is 38.8. The van der Waals surface area contributed by atoms with Gasteiger partial charge in [0, 0.05) is 13.0 Å². The van der Waals surface area contributed by atoms with Gasteiger partial charge in [-0.25, -0.2) is 0 Å². The molecule has 0 spiro atoms. The minimum absolute atomic E-state index is 0.0195. The van der Waals surface area contributed by atoms with Gasteiger partial charge in [0.2, 0.25) is 11.8 Å². The SMILES string of the molecule is C=CCCC(Cc1ccccc1)C(=O)OC(CNC(=O)C(CC=C)CC(=O)NCCOCCO)c1ccccc1. The van der Waals surface area contributed by atoms with Crippen molar-refractivity contribution in [3.63, 3.8) is 0 Å². The zero-order chi connectivity index (χ0) is 29.0. The second kappa shape index (κ2) is 19.3. The number of ether oxygens (including phenoxy) is 2. The molecule has 0 aliphatic rings. The first kappa shape index (κ1) is 32.5. The van der Waals surface area contributed by atoms with Crippen LogP contribution in [0, 0.1) is 11.8 Å². The molecule has 40 heavy (non-hydrogen) atoms. The van der Waals surface area contributed by atoms with Crippen molar-refractivity contribution in [1.29, 1.82) is 0 Å². The molecule has 2 amide bonds. The topological polar surface area (TPSA) is 114 Å². The molecule has 0 saturated heterocycles. The predicted molar refractivity (Wildman–Crippen MR) is 155 cm³/mol. The van der Waals surface area contributed by atoms with Gasteiger partial charge < -0.3 is 25.2 Å². The fourth-order valence-corrected chi connectivity index (χ4v) is 4.20. The molecule has 2 rings (SSSR count). The van der Waals surface area contributed by atoms with E-state index in [1.807, 2.05) is 60.7 Å². The Balaban J connectivity index is 2.05. The van der Waals surface area contributed by atoms with Gasteiger partial charge >= 0.3 is 5.97 Å². The van der Waals surface area contributed by atoms with Crippen LogP contribution in [0.3, 0.4) is 0 Å². The minimum Gasteiger partial charge on any atom is -0.455 e. The van der Waals surface area contributed by atoms with Crippen LogP contribution in [-0.4, -0.2) is 55.8 Å². The van der Waals surface area contributed by atoms with Crippen molar-refractivity contribution in [2.75, 3.05) is 32.9 Å². The highest BCUT2D eigenvalue weighted by atomic mass is 16.5. The van der Waals surface area contributed by atoms with E-state index in [-0.39, 0.29) is 63.0 Å². The number of amides is 2. The molecule has 2 aromatic carbocycles. The number of esters is 1. The highest BCUT2D eigenvalue weighted by molar-refractivity contribution is 5.86. The zero-order valence-corrected chi connectivity index (χ0v) is 23.1. The summed E-state index contributed by atoms with van der Waals surface area (Å²) in [6.07, 6.45) is 4.82. The third kappa shape index (κ3) is 12.4. The minimum atomic E-state index is -0.693. The Morgan fingerprint density at radius 2 is 1.60 bits per heavy atom. The van der Waals surface area contributed by atoms with Crippen molar-refractivity contribution < 1.29 is 29.0 Å². The van der Waals surface area contributed by atoms with Crippen LogP contribution in [0.4, 0.5) is 0 Å². The van der Waals surface area contributed by atoms with Gasteiger partial charge in [-0.15, -0.1) is 13.2 Å². The number of benzene rings is 2. The standard InChI is InChI=1S/C32H42N2O6/c1-3-5-15-28(22-25-13-8-6-9-14-25)32(38)40-29(26-16-10-7-11-17-26)24-34-31(37)27(12-4-2)23-30(36)33-18-20-39-21-19-35/h3-4,6-11,13-14,16-17,27-29,35H,1-2,5,12,15,18-24H2,(H,33,36)(H,34,37). The average molecular weight is 551 g/mol. The number of rotatable bonds is 20. The highest BCUT2D eigenvalue weighted by Gasteiger charge is 2.26. The van der Waals surface area contributed by atoms with Gasteiger partial charge in [0.05, 0.1) is 38.2 Å². The van der Waals surface area contributed by atoms with Crippen molar-refractivity contribution in [2.45, 2.75) is 38.2 Å². The lowest BCUT2D eigenvalue weighted by molar-refractivity contribution is -0.155. The van der Waals surface area contributed by atoms with E-state index < -0.39 is 12.0 Å². The van der Waals surface area contributed by atoms with E-state index in [1.165, 1.54) is 0 Å².